The molecule has 116 valence electrons. The van der Waals surface area contributed by atoms with Gasteiger partial charge in [0.15, 0.2) is 0 Å². The average molecular weight is 313 g/mol. The number of primary amides is 1. The van der Waals surface area contributed by atoms with E-state index in [4.69, 9.17) is 11.1 Å². The molecule has 1 heterocycles. The molecule has 4 nitrogen and oxygen atoms in total. The molecular weight excluding hydrogens is 298 g/mol. The highest BCUT2D eigenvalue weighted by Crippen LogP contribution is 2.27. The topological polar surface area (TPSA) is 71.9 Å². The highest BCUT2D eigenvalue weighted by Gasteiger charge is 2.15. The zero-order valence-corrected chi connectivity index (χ0v) is 12.9. The smallest absolute Gasteiger partial charge is 0.265 e. The number of nitrogens with two attached hydrogens (primary N) is 1. The molecule has 0 saturated carbocycles. The first kappa shape index (κ1) is 14.2. The largest absolute Gasteiger partial charge is 0.364 e. The van der Waals surface area contributed by atoms with Crippen molar-refractivity contribution in [3.05, 3.63) is 78.0 Å². The van der Waals surface area contributed by atoms with Crippen molar-refractivity contribution in [3.8, 4) is 5.69 Å². The van der Waals surface area contributed by atoms with Crippen molar-refractivity contribution in [2.24, 2.45) is 5.73 Å². The summed E-state index contributed by atoms with van der Waals surface area (Å²) >= 11 is 0. The van der Waals surface area contributed by atoms with Crippen LogP contribution in [-0.2, 0) is 0 Å². The molecule has 0 radical (unpaired) electrons. The number of carbonyl (C=O) groups is 1. The number of fused-ring (bicyclic) bond motifs is 2. The minimum absolute atomic E-state index is 0.433. The van der Waals surface area contributed by atoms with E-state index in [-0.39, 0.29) is 0 Å². The zero-order chi connectivity index (χ0) is 16.7. The van der Waals surface area contributed by atoms with Gasteiger partial charge in [0.2, 0.25) is 0 Å². The molecule has 3 N–H and O–H groups in total. The van der Waals surface area contributed by atoms with Gasteiger partial charge >= 0.3 is 0 Å². The van der Waals surface area contributed by atoms with Gasteiger partial charge in [0, 0.05) is 17.3 Å². The van der Waals surface area contributed by atoms with Crippen LogP contribution in [0.25, 0.3) is 27.4 Å². The van der Waals surface area contributed by atoms with Crippen LogP contribution in [0.2, 0.25) is 0 Å². The summed E-state index contributed by atoms with van der Waals surface area (Å²) in [7, 11) is 0. The molecule has 0 saturated heterocycles. The molecule has 1 aromatic heterocycles. The maximum atomic E-state index is 11.9. The van der Waals surface area contributed by atoms with Gasteiger partial charge in [0.25, 0.3) is 5.91 Å². The van der Waals surface area contributed by atoms with Crippen molar-refractivity contribution in [1.29, 1.82) is 5.41 Å². The third-order valence-electron chi connectivity index (χ3n) is 4.24. The molecule has 0 bridgehead atoms. The Kier molecular flexibility index (Phi) is 3.17. The van der Waals surface area contributed by atoms with Gasteiger partial charge in [0.1, 0.15) is 5.69 Å². The summed E-state index contributed by atoms with van der Waals surface area (Å²) in [6.07, 6.45) is 1.29. The summed E-state index contributed by atoms with van der Waals surface area (Å²) in [5, 5.41) is 10.6. The summed E-state index contributed by atoms with van der Waals surface area (Å²) in [5.74, 6) is -0.476. The first-order valence-electron chi connectivity index (χ1n) is 7.62. The van der Waals surface area contributed by atoms with Gasteiger partial charge in [-0.1, -0.05) is 42.5 Å². The Hall–Kier alpha value is -3.40. The molecule has 0 fully saturated rings. The van der Waals surface area contributed by atoms with Crippen LogP contribution in [0.5, 0.6) is 0 Å². The Morgan fingerprint density at radius 1 is 0.917 bits per heavy atom. The quantitative estimate of drug-likeness (QED) is 0.554. The van der Waals surface area contributed by atoms with Gasteiger partial charge in [-0.05, 0) is 40.6 Å². The lowest BCUT2D eigenvalue weighted by atomic mass is 10.1. The number of rotatable bonds is 3. The number of aromatic nitrogens is 1. The first-order valence-corrected chi connectivity index (χ1v) is 7.62. The molecule has 0 atom stereocenters. The maximum absolute atomic E-state index is 11.9. The normalized spacial score (nSPS) is 11.0. The molecule has 3 aromatic carbocycles. The highest BCUT2D eigenvalue weighted by atomic mass is 16.1. The number of hydrogen-bond donors (Lipinski definition) is 2. The van der Waals surface area contributed by atoms with Gasteiger partial charge < -0.3 is 15.7 Å². The monoisotopic (exact) mass is 313 g/mol. The lowest BCUT2D eigenvalue weighted by Crippen LogP contribution is -2.15. The fourth-order valence-corrected chi connectivity index (χ4v) is 3.08. The van der Waals surface area contributed by atoms with E-state index in [0.29, 0.717) is 5.69 Å². The van der Waals surface area contributed by atoms with E-state index < -0.39 is 5.91 Å². The minimum Gasteiger partial charge on any atom is -0.364 e. The molecule has 0 aliphatic carbocycles. The fourth-order valence-electron chi connectivity index (χ4n) is 3.08. The van der Waals surface area contributed by atoms with E-state index in [9.17, 15) is 4.79 Å². The van der Waals surface area contributed by atoms with E-state index in [0.717, 1.165) is 32.9 Å². The summed E-state index contributed by atoms with van der Waals surface area (Å²) in [5.41, 5.74) is 8.54. The second kappa shape index (κ2) is 5.35. The van der Waals surface area contributed by atoms with Crippen molar-refractivity contribution >= 4 is 33.8 Å². The molecule has 0 aliphatic rings. The van der Waals surface area contributed by atoms with Crippen molar-refractivity contribution in [2.75, 3.05) is 0 Å². The SMILES string of the molecule is N=Cc1ccc2cc(C(N)=O)n(-c3ccc4ccccc4c3)c2c1. The molecule has 4 aromatic rings. The van der Waals surface area contributed by atoms with E-state index in [1.165, 1.54) is 6.21 Å². The highest BCUT2D eigenvalue weighted by molar-refractivity contribution is 6.00. The third-order valence-corrected chi connectivity index (χ3v) is 4.24. The maximum Gasteiger partial charge on any atom is 0.265 e. The van der Waals surface area contributed by atoms with Gasteiger partial charge in [0.05, 0.1) is 5.52 Å². The van der Waals surface area contributed by atoms with Gasteiger partial charge in [-0.2, -0.15) is 0 Å². The third kappa shape index (κ3) is 2.16. The molecule has 1 amide bonds. The van der Waals surface area contributed by atoms with E-state index in [1.54, 1.807) is 6.07 Å². The number of hydrogen-bond acceptors (Lipinski definition) is 2. The molecule has 4 rings (SSSR count). The van der Waals surface area contributed by atoms with Crippen LogP contribution in [0.3, 0.4) is 0 Å². The van der Waals surface area contributed by atoms with Crippen LogP contribution in [0.4, 0.5) is 0 Å². The number of benzene rings is 3. The minimum atomic E-state index is -0.476. The van der Waals surface area contributed by atoms with E-state index in [2.05, 4.69) is 6.07 Å². The summed E-state index contributed by atoms with van der Waals surface area (Å²) in [6.45, 7) is 0. The first-order chi connectivity index (χ1) is 11.7. The molecular formula is C20H15N3O. The Morgan fingerprint density at radius 2 is 1.67 bits per heavy atom. The second-order valence-corrected chi connectivity index (χ2v) is 5.72. The molecule has 0 spiro atoms. The molecule has 0 aliphatic heterocycles. The summed E-state index contributed by atoms with van der Waals surface area (Å²) in [4.78, 5) is 11.9. The zero-order valence-electron chi connectivity index (χ0n) is 12.9. The van der Waals surface area contributed by atoms with E-state index in [1.807, 2.05) is 59.2 Å². The number of nitrogens with one attached hydrogen (secondary N) is 1. The number of carbonyl (C=O) groups excluding carboxylic acids is 1. The lowest BCUT2D eigenvalue weighted by molar-refractivity contribution is 0.0994. The molecule has 24 heavy (non-hydrogen) atoms. The second-order valence-electron chi connectivity index (χ2n) is 5.72. The fraction of sp³-hybridized carbons (Fsp3) is 0. The summed E-state index contributed by atoms with van der Waals surface area (Å²) in [6, 6.07) is 21.6. The van der Waals surface area contributed by atoms with E-state index >= 15 is 0 Å². The van der Waals surface area contributed by atoms with Gasteiger partial charge in [-0.15, -0.1) is 0 Å². The van der Waals surface area contributed by atoms with Crippen LogP contribution >= 0.6 is 0 Å². The van der Waals surface area contributed by atoms with Gasteiger partial charge in [-0.25, -0.2) is 0 Å². The molecule has 4 heteroatoms. The van der Waals surface area contributed by atoms with Crippen molar-refractivity contribution in [1.82, 2.24) is 4.57 Å². The van der Waals surface area contributed by atoms with Crippen molar-refractivity contribution in [3.63, 3.8) is 0 Å². The predicted molar refractivity (Wildman–Crippen MR) is 97.2 cm³/mol. The number of amides is 1. The Bertz CT molecular complexity index is 1110. The van der Waals surface area contributed by atoms with Crippen molar-refractivity contribution < 1.29 is 4.79 Å². The van der Waals surface area contributed by atoms with Crippen LogP contribution in [0.15, 0.2) is 66.7 Å². The van der Waals surface area contributed by atoms with Crippen molar-refractivity contribution in [2.45, 2.75) is 0 Å². The van der Waals surface area contributed by atoms with Crippen LogP contribution < -0.4 is 5.73 Å². The Balaban J connectivity index is 2.06. The average Bonchev–Trinajstić information content (AvgIpc) is 3.00. The summed E-state index contributed by atoms with van der Waals surface area (Å²) < 4.78 is 1.86. The Morgan fingerprint density at radius 3 is 2.42 bits per heavy atom. The standard InChI is InChI=1S/C20H15N3O/c21-12-13-5-6-16-11-19(20(22)24)23(18(16)9-13)17-8-7-14-3-1-2-4-15(14)10-17/h1-12,21H,(H2,22,24). The predicted octanol–water partition coefficient (Wildman–Crippen LogP) is 3.88. The lowest BCUT2D eigenvalue weighted by Gasteiger charge is -2.10. The Labute approximate surface area is 138 Å². The van der Waals surface area contributed by atoms with Gasteiger partial charge in [-0.3, -0.25) is 4.79 Å². The van der Waals surface area contributed by atoms with Crippen LogP contribution in [0.1, 0.15) is 16.1 Å². The molecule has 0 unspecified atom stereocenters. The number of nitrogens with zero attached hydrogens (tertiary/aromatic N) is 1. The van der Waals surface area contributed by atoms with Crippen LogP contribution in [-0.4, -0.2) is 16.7 Å². The van der Waals surface area contributed by atoms with Crippen LogP contribution in [0, 0.1) is 5.41 Å².